The number of carbonyl (C=O) groups excluding carboxylic acids is 1. The molecule has 1 saturated carbocycles. The maximum Gasteiger partial charge on any atom is 0.412 e. The maximum atomic E-state index is 14.3. The molecule has 4 aromatic rings. The van der Waals surface area contributed by atoms with E-state index in [4.69, 9.17) is 9.47 Å². The average Bonchev–Trinajstić information content (AvgIpc) is 3.51. The zero-order valence-corrected chi connectivity index (χ0v) is 21.4. The number of nitrogens with one attached hydrogen (secondary N) is 1. The molecule has 1 aliphatic rings. The number of rotatable bonds is 7. The predicted octanol–water partition coefficient (Wildman–Crippen LogP) is 8.79. The van der Waals surface area contributed by atoms with E-state index < -0.39 is 17.3 Å². The van der Waals surface area contributed by atoms with Crippen molar-refractivity contribution in [3.63, 3.8) is 0 Å². The van der Waals surface area contributed by atoms with E-state index in [1.54, 1.807) is 18.4 Å². The fourth-order valence-corrected chi connectivity index (χ4v) is 6.01. The van der Waals surface area contributed by atoms with Gasteiger partial charge in [0, 0.05) is 17.2 Å². The Balaban J connectivity index is 1.37. The van der Waals surface area contributed by atoms with Crippen LogP contribution in [0.3, 0.4) is 0 Å². The second-order valence-corrected chi connectivity index (χ2v) is 10.5. The van der Waals surface area contributed by atoms with E-state index in [1.807, 2.05) is 42.8 Å². The molecule has 35 heavy (non-hydrogen) atoms. The van der Waals surface area contributed by atoms with E-state index in [-0.39, 0.29) is 0 Å². The monoisotopic (exact) mass is 507 g/mol. The molecule has 1 amide bonds. The zero-order valence-electron chi connectivity index (χ0n) is 19.8. The minimum Gasteiger partial charge on any atom is -0.496 e. The SMILES string of the molecule is COc1cc(-c2sc(F)cc2NC(=O)OC(C)c2cscc2C)ccc1-c1ccc(C2CC2)cc1. The third-order valence-electron chi connectivity index (χ3n) is 6.29. The van der Waals surface area contributed by atoms with Gasteiger partial charge in [-0.1, -0.05) is 36.4 Å². The summed E-state index contributed by atoms with van der Waals surface area (Å²) in [6.45, 7) is 3.80. The predicted molar refractivity (Wildman–Crippen MR) is 141 cm³/mol. The Kier molecular flexibility index (Phi) is 6.62. The van der Waals surface area contributed by atoms with Gasteiger partial charge >= 0.3 is 6.09 Å². The largest absolute Gasteiger partial charge is 0.496 e. The summed E-state index contributed by atoms with van der Waals surface area (Å²) in [6.07, 6.45) is 1.51. The fraction of sp³-hybridized carbons (Fsp3) is 0.250. The van der Waals surface area contributed by atoms with Gasteiger partial charge in [0.05, 0.1) is 17.7 Å². The molecule has 7 heteroatoms. The first kappa shape index (κ1) is 23.6. The highest BCUT2D eigenvalue weighted by molar-refractivity contribution is 7.14. The van der Waals surface area contributed by atoms with Crippen molar-refractivity contribution in [1.29, 1.82) is 0 Å². The molecule has 0 radical (unpaired) electrons. The van der Waals surface area contributed by atoms with E-state index in [0.717, 1.165) is 39.2 Å². The Morgan fingerprint density at radius 3 is 2.49 bits per heavy atom. The van der Waals surface area contributed by atoms with Gasteiger partial charge in [0.1, 0.15) is 11.9 Å². The second-order valence-electron chi connectivity index (χ2n) is 8.79. The van der Waals surface area contributed by atoms with Gasteiger partial charge in [-0.3, -0.25) is 5.32 Å². The molecular weight excluding hydrogens is 481 g/mol. The van der Waals surface area contributed by atoms with Crippen molar-refractivity contribution in [1.82, 2.24) is 0 Å². The van der Waals surface area contributed by atoms with Gasteiger partial charge in [0.25, 0.3) is 0 Å². The molecule has 1 unspecified atom stereocenters. The average molecular weight is 508 g/mol. The Labute approximate surface area is 212 Å². The summed E-state index contributed by atoms with van der Waals surface area (Å²) in [6, 6.07) is 15.7. The van der Waals surface area contributed by atoms with Crippen LogP contribution in [-0.4, -0.2) is 13.2 Å². The fourth-order valence-electron chi connectivity index (χ4n) is 4.24. The molecule has 1 atom stereocenters. The molecule has 0 bridgehead atoms. The van der Waals surface area contributed by atoms with Crippen LogP contribution < -0.4 is 10.1 Å². The Hall–Kier alpha value is -3.16. The van der Waals surface area contributed by atoms with E-state index in [2.05, 4.69) is 29.6 Å². The molecule has 2 heterocycles. The van der Waals surface area contributed by atoms with Crippen molar-refractivity contribution >= 4 is 34.5 Å². The number of ether oxygens (including phenoxy) is 2. The van der Waals surface area contributed by atoms with E-state index in [1.165, 1.54) is 24.5 Å². The lowest BCUT2D eigenvalue weighted by molar-refractivity contribution is 0.121. The van der Waals surface area contributed by atoms with Gasteiger partial charge in [0.15, 0.2) is 5.13 Å². The van der Waals surface area contributed by atoms with Crippen LogP contribution in [0.1, 0.15) is 48.5 Å². The lowest BCUT2D eigenvalue weighted by Crippen LogP contribution is -2.16. The number of hydrogen-bond donors (Lipinski definition) is 1. The first-order chi connectivity index (χ1) is 16.9. The van der Waals surface area contributed by atoms with Gasteiger partial charge in [-0.05, 0) is 71.7 Å². The van der Waals surface area contributed by atoms with Crippen LogP contribution in [0.25, 0.3) is 21.6 Å². The number of thiophene rings is 2. The molecule has 180 valence electrons. The minimum atomic E-state index is -0.624. The van der Waals surface area contributed by atoms with Crippen LogP contribution in [0.2, 0.25) is 0 Å². The number of hydrogen-bond acceptors (Lipinski definition) is 5. The van der Waals surface area contributed by atoms with Gasteiger partial charge in [-0.15, -0.1) is 11.3 Å². The summed E-state index contributed by atoms with van der Waals surface area (Å²) in [5.74, 6) is 1.39. The molecular formula is C28H26FNO3S2. The molecule has 2 aromatic carbocycles. The van der Waals surface area contributed by atoms with Gasteiger partial charge in [-0.25, -0.2) is 4.79 Å². The first-order valence-electron chi connectivity index (χ1n) is 11.5. The molecule has 0 spiro atoms. The highest BCUT2D eigenvalue weighted by Gasteiger charge is 2.23. The number of carbonyl (C=O) groups is 1. The number of aryl methyl sites for hydroxylation is 1. The smallest absolute Gasteiger partial charge is 0.412 e. The summed E-state index contributed by atoms with van der Waals surface area (Å²) < 4.78 is 25.5. The van der Waals surface area contributed by atoms with Crippen molar-refractivity contribution in [2.75, 3.05) is 12.4 Å². The number of amides is 1. The molecule has 1 fully saturated rings. The standard InChI is InChI=1S/C28H26FNO3S2/c1-16-14-34-15-23(16)17(2)33-28(31)30-24-13-26(29)35-27(24)21-10-11-22(25(12-21)32-3)20-8-6-19(7-9-20)18-4-5-18/h6-15,17-18H,4-5H2,1-3H3,(H,30,31). The van der Waals surface area contributed by atoms with Crippen LogP contribution in [0.15, 0.2) is 59.3 Å². The summed E-state index contributed by atoms with van der Waals surface area (Å²) in [7, 11) is 1.63. The van der Waals surface area contributed by atoms with Gasteiger partial charge in [0.2, 0.25) is 0 Å². The molecule has 4 nitrogen and oxygen atoms in total. The summed E-state index contributed by atoms with van der Waals surface area (Å²) >= 11 is 2.54. The molecule has 0 saturated heterocycles. The molecule has 2 aromatic heterocycles. The third-order valence-corrected chi connectivity index (χ3v) is 8.14. The van der Waals surface area contributed by atoms with Crippen LogP contribution in [0.5, 0.6) is 5.75 Å². The summed E-state index contributed by atoms with van der Waals surface area (Å²) in [5, 5.41) is 6.31. The first-order valence-corrected chi connectivity index (χ1v) is 13.3. The van der Waals surface area contributed by atoms with Crippen LogP contribution in [0.4, 0.5) is 14.9 Å². The van der Waals surface area contributed by atoms with Crippen molar-refractivity contribution in [2.24, 2.45) is 0 Å². The molecule has 1 aliphatic carbocycles. The van der Waals surface area contributed by atoms with Crippen molar-refractivity contribution < 1.29 is 18.7 Å². The molecule has 0 aliphatic heterocycles. The minimum absolute atomic E-state index is 0.371. The van der Waals surface area contributed by atoms with Crippen LogP contribution in [-0.2, 0) is 4.74 Å². The zero-order chi connectivity index (χ0) is 24.5. The summed E-state index contributed by atoms with van der Waals surface area (Å²) in [4.78, 5) is 13.2. The lowest BCUT2D eigenvalue weighted by Gasteiger charge is -2.15. The summed E-state index contributed by atoms with van der Waals surface area (Å²) in [5.41, 5.74) is 6.57. The van der Waals surface area contributed by atoms with E-state index >= 15 is 0 Å². The van der Waals surface area contributed by atoms with Gasteiger partial charge < -0.3 is 9.47 Å². The Bertz CT molecular complexity index is 1360. The topological polar surface area (TPSA) is 47.6 Å². The Morgan fingerprint density at radius 2 is 1.83 bits per heavy atom. The van der Waals surface area contributed by atoms with E-state index in [0.29, 0.717) is 22.2 Å². The highest BCUT2D eigenvalue weighted by atomic mass is 32.1. The Morgan fingerprint density at radius 1 is 1.09 bits per heavy atom. The van der Waals surface area contributed by atoms with Crippen molar-refractivity contribution in [2.45, 2.75) is 38.7 Å². The van der Waals surface area contributed by atoms with Crippen LogP contribution in [0, 0.1) is 12.1 Å². The van der Waals surface area contributed by atoms with E-state index in [9.17, 15) is 9.18 Å². The number of benzene rings is 2. The second kappa shape index (κ2) is 9.84. The third kappa shape index (κ3) is 5.11. The normalized spacial score (nSPS) is 13.9. The number of halogens is 1. The quantitative estimate of drug-likeness (QED) is 0.272. The number of methoxy groups -OCH3 is 1. The lowest BCUT2D eigenvalue weighted by atomic mass is 9.99. The highest BCUT2D eigenvalue weighted by Crippen LogP contribution is 2.43. The van der Waals surface area contributed by atoms with Crippen LogP contribution >= 0.6 is 22.7 Å². The van der Waals surface area contributed by atoms with Gasteiger partial charge in [-0.2, -0.15) is 15.7 Å². The molecule has 1 N–H and O–H groups in total. The number of anilines is 1. The maximum absolute atomic E-state index is 14.3. The molecule has 5 rings (SSSR count). The van der Waals surface area contributed by atoms with Crippen molar-refractivity contribution in [3.8, 4) is 27.3 Å². The van der Waals surface area contributed by atoms with Crippen molar-refractivity contribution in [3.05, 3.63) is 81.1 Å².